The van der Waals surface area contributed by atoms with Crippen molar-refractivity contribution in [3.63, 3.8) is 0 Å². The van der Waals surface area contributed by atoms with Crippen molar-refractivity contribution in [3.05, 3.63) is 35.9 Å². The van der Waals surface area contributed by atoms with Gasteiger partial charge in [-0.15, -0.1) is 0 Å². The highest BCUT2D eigenvalue weighted by Gasteiger charge is 2.33. The first-order valence-electron chi connectivity index (χ1n) is 6.42. The van der Waals surface area contributed by atoms with Gasteiger partial charge in [-0.25, -0.2) is 4.98 Å². The topological polar surface area (TPSA) is 43.3 Å². The van der Waals surface area contributed by atoms with E-state index in [0.717, 1.165) is 24.2 Å². The van der Waals surface area contributed by atoms with Gasteiger partial charge < -0.3 is 10.1 Å². The maximum atomic E-state index is 6.55. The Morgan fingerprint density at radius 3 is 2.82 bits per heavy atom. The SMILES string of the molecule is Cc1ccn2c(C3(N)CCCCC3)ncc2c1. The van der Waals surface area contributed by atoms with Crippen LogP contribution in [-0.4, -0.2) is 9.38 Å². The van der Waals surface area contributed by atoms with Crippen molar-refractivity contribution >= 4 is 5.52 Å². The first-order chi connectivity index (χ1) is 8.19. The molecule has 0 bridgehead atoms. The van der Waals surface area contributed by atoms with Gasteiger partial charge in [0.1, 0.15) is 5.82 Å². The van der Waals surface area contributed by atoms with Crippen LogP contribution >= 0.6 is 0 Å². The molecule has 2 heterocycles. The molecule has 1 aliphatic rings. The largest absolute Gasteiger partial charge is 0.319 e. The molecule has 0 aliphatic heterocycles. The second-order valence-corrected chi connectivity index (χ2v) is 5.30. The molecular formula is C14H19N3. The maximum Gasteiger partial charge on any atom is 0.133 e. The van der Waals surface area contributed by atoms with Crippen LogP contribution in [0.25, 0.3) is 5.52 Å². The Hall–Kier alpha value is -1.35. The van der Waals surface area contributed by atoms with Crippen molar-refractivity contribution < 1.29 is 0 Å². The Morgan fingerprint density at radius 1 is 1.29 bits per heavy atom. The molecule has 0 atom stereocenters. The first kappa shape index (κ1) is 10.8. The van der Waals surface area contributed by atoms with Crippen molar-refractivity contribution in [1.82, 2.24) is 9.38 Å². The first-order valence-corrected chi connectivity index (χ1v) is 6.42. The van der Waals surface area contributed by atoms with Crippen LogP contribution in [0.5, 0.6) is 0 Å². The highest BCUT2D eigenvalue weighted by Crippen LogP contribution is 2.34. The number of fused-ring (bicyclic) bond motifs is 1. The Labute approximate surface area is 102 Å². The normalized spacial score (nSPS) is 19.6. The van der Waals surface area contributed by atoms with E-state index in [2.05, 4.69) is 34.6 Å². The molecule has 0 radical (unpaired) electrons. The number of rotatable bonds is 1. The van der Waals surface area contributed by atoms with E-state index in [1.807, 2.05) is 6.20 Å². The van der Waals surface area contributed by atoms with Crippen LogP contribution in [0.15, 0.2) is 24.5 Å². The Bertz CT molecular complexity index is 535. The summed E-state index contributed by atoms with van der Waals surface area (Å²) < 4.78 is 2.15. The van der Waals surface area contributed by atoms with Gasteiger partial charge in [0.15, 0.2) is 0 Å². The van der Waals surface area contributed by atoms with Gasteiger partial charge >= 0.3 is 0 Å². The van der Waals surface area contributed by atoms with E-state index in [1.165, 1.54) is 24.8 Å². The highest BCUT2D eigenvalue weighted by atomic mass is 15.1. The maximum absolute atomic E-state index is 6.55. The molecule has 0 saturated heterocycles. The smallest absolute Gasteiger partial charge is 0.133 e. The summed E-state index contributed by atoms with van der Waals surface area (Å²) in [6.07, 6.45) is 9.89. The number of pyridine rings is 1. The lowest BCUT2D eigenvalue weighted by Crippen LogP contribution is -2.40. The lowest BCUT2D eigenvalue weighted by molar-refractivity contribution is 0.286. The summed E-state index contributed by atoms with van der Waals surface area (Å²) in [7, 11) is 0. The van der Waals surface area contributed by atoms with Gasteiger partial charge in [-0.2, -0.15) is 0 Å². The Morgan fingerprint density at radius 2 is 2.06 bits per heavy atom. The summed E-state index contributed by atoms with van der Waals surface area (Å²) in [6, 6.07) is 4.27. The Kier molecular flexibility index (Phi) is 2.44. The third-order valence-electron chi connectivity index (χ3n) is 3.88. The lowest BCUT2D eigenvalue weighted by atomic mass is 9.82. The quantitative estimate of drug-likeness (QED) is 0.817. The third-order valence-corrected chi connectivity index (χ3v) is 3.88. The van der Waals surface area contributed by atoms with E-state index in [0.29, 0.717) is 0 Å². The fraction of sp³-hybridized carbons (Fsp3) is 0.500. The molecule has 17 heavy (non-hydrogen) atoms. The minimum atomic E-state index is -0.222. The van der Waals surface area contributed by atoms with Crippen LogP contribution in [0.1, 0.15) is 43.5 Å². The zero-order chi connectivity index (χ0) is 11.9. The molecule has 1 aliphatic carbocycles. The van der Waals surface area contributed by atoms with Crippen LogP contribution in [-0.2, 0) is 5.54 Å². The van der Waals surface area contributed by atoms with Crippen LogP contribution < -0.4 is 5.73 Å². The summed E-state index contributed by atoms with van der Waals surface area (Å²) in [5.74, 6) is 1.03. The molecule has 1 fully saturated rings. The number of imidazole rings is 1. The van der Waals surface area contributed by atoms with E-state index in [1.54, 1.807) is 0 Å². The van der Waals surface area contributed by atoms with Gasteiger partial charge in [0.05, 0.1) is 17.3 Å². The summed E-state index contributed by atoms with van der Waals surface area (Å²) in [6.45, 7) is 2.10. The average Bonchev–Trinajstić information content (AvgIpc) is 2.73. The number of aromatic nitrogens is 2. The zero-order valence-corrected chi connectivity index (χ0v) is 10.3. The zero-order valence-electron chi connectivity index (χ0n) is 10.3. The third kappa shape index (κ3) is 1.75. The second-order valence-electron chi connectivity index (χ2n) is 5.30. The molecule has 2 aromatic rings. The molecule has 3 rings (SSSR count). The van der Waals surface area contributed by atoms with E-state index in [9.17, 15) is 0 Å². The monoisotopic (exact) mass is 229 g/mol. The molecule has 2 N–H and O–H groups in total. The van der Waals surface area contributed by atoms with Gasteiger partial charge in [0.25, 0.3) is 0 Å². The van der Waals surface area contributed by atoms with E-state index < -0.39 is 0 Å². The highest BCUT2D eigenvalue weighted by molar-refractivity contribution is 5.48. The van der Waals surface area contributed by atoms with Crippen molar-refractivity contribution in [2.24, 2.45) is 5.73 Å². The molecule has 2 aromatic heterocycles. The van der Waals surface area contributed by atoms with Gasteiger partial charge in [0, 0.05) is 6.20 Å². The van der Waals surface area contributed by atoms with Crippen molar-refractivity contribution in [2.75, 3.05) is 0 Å². The number of hydrogen-bond acceptors (Lipinski definition) is 2. The second kappa shape index (κ2) is 3.84. The predicted molar refractivity (Wildman–Crippen MR) is 68.9 cm³/mol. The summed E-state index contributed by atoms with van der Waals surface area (Å²) in [5.41, 5.74) is 8.73. The van der Waals surface area contributed by atoms with E-state index in [4.69, 9.17) is 5.73 Å². The molecule has 0 aromatic carbocycles. The lowest BCUT2D eigenvalue weighted by Gasteiger charge is -2.32. The minimum Gasteiger partial charge on any atom is -0.319 e. The van der Waals surface area contributed by atoms with Crippen molar-refractivity contribution in [2.45, 2.75) is 44.6 Å². The number of nitrogens with two attached hydrogens (primary N) is 1. The minimum absolute atomic E-state index is 0.222. The molecule has 3 heteroatoms. The molecule has 1 saturated carbocycles. The molecule has 3 nitrogen and oxygen atoms in total. The average molecular weight is 229 g/mol. The van der Waals surface area contributed by atoms with Crippen molar-refractivity contribution in [3.8, 4) is 0 Å². The van der Waals surface area contributed by atoms with Gasteiger partial charge in [-0.3, -0.25) is 0 Å². The van der Waals surface area contributed by atoms with Crippen LogP contribution in [0.4, 0.5) is 0 Å². The van der Waals surface area contributed by atoms with Gasteiger partial charge in [-0.05, 0) is 37.5 Å². The van der Waals surface area contributed by atoms with Gasteiger partial charge in [-0.1, -0.05) is 19.3 Å². The number of nitrogens with zero attached hydrogens (tertiary/aromatic N) is 2. The van der Waals surface area contributed by atoms with E-state index >= 15 is 0 Å². The number of aryl methyl sites for hydroxylation is 1. The van der Waals surface area contributed by atoms with Crippen molar-refractivity contribution in [1.29, 1.82) is 0 Å². The molecule has 0 unspecified atom stereocenters. The fourth-order valence-electron chi connectivity index (χ4n) is 2.89. The predicted octanol–water partition coefficient (Wildman–Crippen LogP) is 2.76. The Balaban J connectivity index is 2.10. The number of hydrogen-bond donors (Lipinski definition) is 1. The molecule has 0 spiro atoms. The molecular weight excluding hydrogens is 210 g/mol. The van der Waals surface area contributed by atoms with E-state index in [-0.39, 0.29) is 5.54 Å². The van der Waals surface area contributed by atoms with Crippen LogP contribution in [0.3, 0.4) is 0 Å². The summed E-state index contributed by atoms with van der Waals surface area (Å²) in [4.78, 5) is 4.57. The summed E-state index contributed by atoms with van der Waals surface area (Å²) in [5, 5.41) is 0. The fourth-order valence-corrected chi connectivity index (χ4v) is 2.89. The standard InChI is InChI=1S/C14H19N3/c1-11-5-8-17-12(9-11)10-16-13(17)14(15)6-3-2-4-7-14/h5,8-10H,2-4,6-7,15H2,1H3. The summed E-state index contributed by atoms with van der Waals surface area (Å²) >= 11 is 0. The molecule has 0 amide bonds. The van der Waals surface area contributed by atoms with Crippen LogP contribution in [0.2, 0.25) is 0 Å². The van der Waals surface area contributed by atoms with Gasteiger partial charge in [0.2, 0.25) is 0 Å². The van der Waals surface area contributed by atoms with Crippen LogP contribution in [0, 0.1) is 6.92 Å². The molecule has 90 valence electrons.